The Bertz CT molecular complexity index is 699. The Morgan fingerprint density at radius 3 is 2.90 bits per heavy atom. The zero-order chi connectivity index (χ0) is 14.1. The molecule has 2 heterocycles. The predicted molar refractivity (Wildman–Crippen MR) is 74.9 cm³/mol. The van der Waals surface area contributed by atoms with E-state index in [0.29, 0.717) is 29.6 Å². The second kappa shape index (κ2) is 4.88. The average Bonchev–Trinajstić information content (AvgIpc) is 2.45. The number of benzene rings is 1. The van der Waals surface area contributed by atoms with Crippen molar-refractivity contribution < 1.29 is 9.72 Å². The molecule has 0 spiro atoms. The molecule has 1 aromatic carbocycles. The molecule has 20 heavy (non-hydrogen) atoms. The lowest BCUT2D eigenvalue weighted by atomic mass is 10.1. The summed E-state index contributed by atoms with van der Waals surface area (Å²) in [4.78, 5) is 28.5. The highest BCUT2D eigenvalue weighted by molar-refractivity contribution is 5.96. The number of pyridine rings is 1. The Balaban J connectivity index is 2.17. The molecule has 1 aliphatic rings. The van der Waals surface area contributed by atoms with Gasteiger partial charge in [0.25, 0.3) is 0 Å². The molecule has 6 nitrogen and oxygen atoms in total. The summed E-state index contributed by atoms with van der Waals surface area (Å²) >= 11 is 0. The highest BCUT2D eigenvalue weighted by Gasteiger charge is 2.26. The van der Waals surface area contributed by atoms with Crippen LogP contribution in [0.25, 0.3) is 10.9 Å². The van der Waals surface area contributed by atoms with Gasteiger partial charge in [0.15, 0.2) is 5.78 Å². The van der Waals surface area contributed by atoms with Crippen molar-refractivity contribution in [3.8, 4) is 0 Å². The summed E-state index contributed by atoms with van der Waals surface area (Å²) in [6.45, 7) is 0.908. The van der Waals surface area contributed by atoms with E-state index in [-0.39, 0.29) is 18.0 Å². The van der Waals surface area contributed by atoms with Gasteiger partial charge in [-0.3, -0.25) is 19.9 Å². The summed E-state index contributed by atoms with van der Waals surface area (Å²) in [5.41, 5.74) is 1.13. The van der Waals surface area contributed by atoms with E-state index in [4.69, 9.17) is 0 Å². The van der Waals surface area contributed by atoms with E-state index in [1.165, 1.54) is 0 Å². The maximum Gasteiger partial charge on any atom is 0.301 e. The summed E-state index contributed by atoms with van der Waals surface area (Å²) in [6.07, 6.45) is 2.90. The van der Waals surface area contributed by atoms with Gasteiger partial charge in [0, 0.05) is 19.2 Å². The van der Waals surface area contributed by atoms with Crippen molar-refractivity contribution in [1.82, 2.24) is 4.98 Å². The van der Waals surface area contributed by atoms with Gasteiger partial charge in [-0.25, -0.2) is 0 Å². The first kappa shape index (κ1) is 12.5. The zero-order valence-corrected chi connectivity index (χ0v) is 10.8. The van der Waals surface area contributed by atoms with Gasteiger partial charge in [0.2, 0.25) is 0 Å². The minimum absolute atomic E-state index is 0.0327. The fourth-order valence-corrected chi connectivity index (χ4v) is 2.62. The molecule has 0 amide bonds. The number of carbonyl (C=O) groups excluding carboxylic acids is 1. The molecule has 1 aromatic heterocycles. The second-order valence-electron chi connectivity index (χ2n) is 4.82. The molecule has 0 aliphatic carbocycles. The van der Waals surface area contributed by atoms with Gasteiger partial charge in [-0.05, 0) is 30.7 Å². The molecule has 0 radical (unpaired) electrons. The topological polar surface area (TPSA) is 76.3 Å². The standard InChI is InChI=1S/C14H13N3O3/c18-10-3-2-8-16(9-10)13-6-5-12-11(4-1-7-15-12)14(13)17(19)20/h1,4-7H,2-3,8-9H2. The van der Waals surface area contributed by atoms with Gasteiger partial charge in [-0.1, -0.05) is 0 Å². The Kier molecular flexibility index (Phi) is 3.06. The Morgan fingerprint density at radius 1 is 1.30 bits per heavy atom. The molecule has 6 heteroatoms. The van der Waals surface area contributed by atoms with Gasteiger partial charge in [-0.15, -0.1) is 0 Å². The molecule has 1 aliphatic heterocycles. The van der Waals surface area contributed by atoms with Crippen LogP contribution in [0.5, 0.6) is 0 Å². The van der Waals surface area contributed by atoms with E-state index in [1.807, 2.05) is 0 Å². The number of ketones is 1. The lowest BCUT2D eigenvalue weighted by Gasteiger charge is -2.27. The van der Waals surface area contributed by atoms with E-state index >= 15 is 0 Å². The minimum atomic E-state index is -0.390. The van der Waals surface area contributed by atoms with Crippen LogP contribution in [0.1, 0.15) is 12.8 Å². The number of nitro groups is 1. The van der Waals surface area contributed by atoms with E-state index in [0.717, 1.165) is 6.42 Å². The van der Waals surface area contributed by atoms with Crippen molar-refractivity contribution in [1.29, 1.82) is 0 Å². The number of fused-ring (bicyclic) bond motifs is 1. The molecule has 0 bridgehead atoms. The predicted octanol–water partition coefficient (Wildman–Crippen LogP) is 2.31. The first-order chi connectivity index (χ1) is 9.66. The quantitative estimate of drug-likeness (QED) is 0.618. The first-order valence-electron chi connectivity index (χ1n) is 6.45. The van der Waals surface area contributed by atoms with Crippen molar-refractivity contribution in [2.24, 2.45) is 0 Å². The van der Waals surface area contributed by atoms with Crippen LogP contribution in [0.2, 0.25) is 0 Å². The van der Waals surface area contributed by atoms with Crippen LogP contribution in [-0.2, 0) is 4.79 Å². The fourth-order valence-electron chi connectivity index (χ4n) is 2.62. The highest BCUT2D eigenvalue weighted by Crippen LogP contribution is 2.35. The number of rotatable bonds is 2. The summed E-state index contributed by atoms with van der Waals surface area (Å²) in [6, 6.07) is 6.82. The van der Waals surface area contributed by atoms with E-state index in [9.17, 15) is 14.9 Å². The van der Waals surface area contributed by atoms with Gasteiger partial charge in [-0.2, -0.15) is 0 Å². The van der Waals surface area contributed by atoms with Crippen molar-refractivity contribution in [3.63, 3.8) is 0 Å². The van der Waals surface area contributed by atoms with Crippen LogP contribution >= 0.6 is 0 Å². The molecule has 0 saturated carbocycles. The third-order valence-electron chi connectivity index (χ3n) is 3.51. The summed E-state index contributed by atoms with van der Waals surface area (Å²) in [5.74, 6) is 0.122. The number of Topliss-reactive ketones (excluding diaryl/α,β-unsaturated/α-hetero) is 1. The van der Waals surface area contributed by atoms with Crippen LogP contribution in [0.4, 0.5) is 11.4 Å². The van der Waals surface area contributed by atoms with Crippen molar-refractivity contribution >= 4 is 28.1 Å². The summed E-state index contributed by atoms with van der Waals surface area (Å²) < 4.78 is 0. The Morgan fingerprint density at radius 2 is 2.15 bits per heavy atom. The number of nitro benzene ring substituents is 1. The summed E-state index contributed by atoms with van der Waals surface area (Å²) in [5, 5.41) is 11.9. The number of aromatic nitrogens is 1. The molecule has 2 aromatic rings. The molecule has 0 atom stereocenters. The van der Waals surface area contributed by atoms with Gasteiger partial charge < -0.3 is 4.90 Å². The van der Waals surface area contributed by atoms with E-state index < -0.39 is 4.92 Å². The van der Waals surface area contributed by atoms with Crippen LogP contribution in [0.15, 0.2) is 30.5 Å². The number of anilines is 1. The molecule has 0 N–H and O–H groups in total. The van der Waals surface area contributed by atoms with Crippen LogP contribution in [0, 0.1) is 10.1 Å². The van der Waals surface area contributed by atoms with Crippen LogP contribution in [-0.4, -0.2) is 28.8 Å². The van der Waals surface area contributed by atoms with E-state index in [1.54, 1.807) is 35.4 Å². The maximum atomic E-state index is 11.6. The second-order valence-corrected chi connectivity index (χ2v) is 4.82. The SMILES string of the molecule is O=C1CCCN(c2ccc3ncccc3c2[N+](=O)[O-])C1. The van der Waals surface area contributed by atoms with Crippen molar-refractivity contribution in [2.45, 2.75) is 12.8 Å². The number of hydrogen-bond donors (Lipinski definition) is 0. The molecule has 102 valence electrons. The average molecular weight is 271 g/mol. The minimum Gasteiger partial charge on any atom is -0.359 e. The number of piperidine rings is 1. The molecule has 3 rings (SSSR count). The monoisotopic (exact) mass is 271 g/mol. The van der Waals surface area contributed by atoms with Crippen molar-refractivity contribution in [2.75, 3.05) is 18.0 Å². The molecular weight excluding hydrogens is 258 g/mol. The van der Waals surface area contributed by atoms with E-state index in [2.05, 4.69) is 4.98 Å². The fraction of sp³-hybridized carbons (Fsp3) is 0.286. The maximum absolute atomic E-state index is 11.6. The van der Waals surface area contributed by atoms with Crippen molar-refractivity contribution in [3.05, 3.63) is 40.6 Å². The first-order valence-corrected chi connectivity index (χ1v) is 6.45. The highest BCUT2D eigenvalue weighted by atomic mass is 16.6. The molecule has 0 unspecified atom stereocenters. The van der Waals surface area contributed by atoms with Crippen LogP contribution < -0.4 is 4.90 Å². The molecule has 1 fully saturated rings. The Hall–Kier alpha value is -2.50. The smallest absolute Gasteiger partial charge is 0.301 e. The third-order valence-corrected chi connectivity index (χ3v) is 3.51. The molecular formula is C14H13N3O3. The third kappa shape index (κ3) is 2.09. The lowest BCUT2D eigenvalue weighted by Crippen LogP contribution is -2.35. The van der Waals surface area contributed by atoms with Gasteiger partial charge >= 0.3 is 5.69 Å². The van der Waals surface area contributed by atoms with Gasteiger partial charge in [0.05, 0.1) is 22.4 Å². The normalized spacial score (nSPS) is 15.6. The zero-order valence-electron chi connectivity index (χ0n) is 10.8. The lowest BCUT2D eigenvalue weighted by molar-refractivity contribution is -0.382. The van der Waals surface area contributed by atoms with Crippen LogP contribution in [0.3, 0.4) is 0 Å². The Labute approximate surface area is 115 Å². The summed E-state index contributed by atoms with van der Waals surface area (Å²) in [7, 11) is 0. The molecule has 1 saturated heterocycles. The largest absolute Gasteiger partial charge is 0.359 e. The number of carbonyl (C=O) groups is 1. The van der Waals surface area contributed by atoms with Gasteiger partial charge in [0.1, 0.15) is 5.69 Å². The number of nitrogens with zero attached hydrogens (tertiary/aromatic N) is 3. The number of hydrogen-bond acceptors (Lipinski definition) is 5.